The maximum atomic E-state index is 2.44. The SMILES string of the molecule is CC1(c2ccccc2)c2ccccc2-c2ccc(-c3ccc(N(c4ccc(-c5cccc6sc7ccccc7c56)cc4)c4ccccc4-c4cccc5cccc(-c6ccccc6)c45)cc3)cc21. The van der Waals surface area contributed by atoms with Gasteiger partial charge in [0.05, 0.1) is 5.69 Å². The number of benzene rings is 11. The minimum atomic E-state index is -0.264. The van der Waals surface area contributed by atoms with E-state index in [0.29, 0.717) is 0 Å². The molecule has 68 heavy (non-hydrogen) atoms. The molecule has 0 bridgehead atoms. The van der Waals surface area contributed by atoms with Crippen LogP contribution in [-0.2, 0) is 5.41 Å². The number of nitrogens with zero attached hydrogens (tertiary/aromatic N) is 1. The summed E-state index contributed by atoms with van der Waals surface area (Å²) in [6, 6.07) is 94.0. The summed E-state index contributed by atoms with van der Waals surface area (Å²) in [6.45, 7) is 2.39. The van der Waals surface area contributed by atoms with Crippen LogP contribution in [-0.4, -0.2) is 0 Å². The first-order chi connectivity index (χ1) is 33.6. The van der Waals surface area contributed by atoms with Crippen LogP contribution in [0.25, 0.3) is 86.6 Å². The van der Waals surface area contributed by atoms with Crippen LogP contribution < -0.4 is 4.90 Å². The van der Waals surface area contributed by atoms with Gasteiger partial charge in [-0.05, 0) is 133 Å². The zero-order chi connectivity index (χ0) is 45.2. The van der Waals surface area contributed by atoms with E-state index in [2.05, 4.69) is 267 Å². The van der Waals surface area contributed by atoms with Crippen LogP contribution in [0.2, 0.25) is 0 Å². The van der Waals surface area contributed by atoms with E-state index in [1.54, 1.807) is 0 Å². The number of fused-ring (bicyclic) bond motifs is 7. The molecule has 320 valence electrons. The van der Waals surface area contributed by atoms with E-state index in [1.165, 1.54) is 103 Å². The molecule has 13 rings (SSSR count). The van der Waals surface area contributed by atoms with Gasteiger partial charge in [-0.25, -0.2) is 0 Å². The minimum Gasteiger partial charge on any atom is -0.310 e. The normalized spacial score (nSPS) is 14.0. The molecule has 0 radical (unpaired) electrons. The summed E-state index contributed by atoms with van der Waals surface area (Å²) in [4.78, 5) is 2.44. The maximum Gasteiger partial charge on any atom is 0.0540 e. The van der Waals surface area contributed by atoms with E-state index in [4.69, 9.17) is 0 Å². The molecule has 0 N–H and O–H groups in total. The highest BCUT2D eigenvalue weighted by Crippen LogP contribution is 2.53. The van der Waals surface area contributed by atoms with E-state index in [9.17, 15) is 0 Å². The van der Waals surface area contributed by atoms with Crippen molar-refractivity contribution in [3.8, 4) is 55.6 Å². The Kier molecular flexibility index (Phi) is 9.56. The third-order valence-electron chi connectivity index (χ3n) is 14.4. The third kappa shape index (κ3) is 6.44. The Hall–Kier alpha value is -8.30. The van der Waals surface area contributed by atoms with Gasteiger partial charge in [0.2, 0.25) is 0 Å². The molecule has 1 heterocycles. The summed E-state index contributed by atoms with van der Waals surface area (Å²) < 4.78 is 2.63. The first-order valence-corrected chi connectivity index (χ1v) is 24.3. The van der Waals surface area contributed by atoms with Crippen LogP contribution >= 0.6 is 11.3 Å². The van der Waals surface area contributed by atoms with Gasteiger partial charge in [0, 0.05) is 42.5 Å². The minimum absolute atomic E-state index is 0.264. The lowest BCUT2D eigenvalue weighted by atomic mass is 9.74. The molecule has 0 amide bonds. The average molecular weight is 884 g/mol. The second kappa shape index (κ2) is 16.2. The number of rotatable bonds is 8. The molecule has 0 saturated carbocycles. The highest BCUT2D eigenvalue weighted by Gasteiger charge is 2.40. The molecule has 1 aliphatic rings. The first kappa shape index (κ1) is 40.0. The summed E-state index contributed by atoms with van der Waals surface area (Å²) >= 11 is 1.87. The predicted molar refractivity (Wildman–Crippen MR) is 291 cm³/mol. The van der Waals surface area contributed by atoms with Gasteiger partial charge in [-0.1, -0.05) is 206 Å². The predicted octanol–water partition coefficient (Wildman–Crippen LogP) is 18.7. The van der Waals surface area contributed by atoms with Crippen LogP contribution in [0.4, 0.5) is 17.1 Å². The summed E-state index contributed by atoms with van der Waals surface area (Å²) in [6.07, 6.45) is 0. The van der Waals surface area contributed by atoms with Crippen LogP contribution in [0, 0.1) is 0 Å². The number of para-hydroxylation sites is 1. The van der Waals surface area contributed by atoms with Gasteiger partial charge in [0.25, 0.3) is 0 Å². The highest BCUT2D eigenvalue weighted by atomic mass is 32.1. The molecule has 1 atom stereocenters. The lowest BCUT2D eigenvalue weighted by molar-refractivity contribution is 0.714. The van der Waals surface area contributed by atoms with Crippen molar-refractivity contribution in [3.63, 3.8) is 0 Å². The zero-order valence-electron chi connectivity index (χ0n) is 37.6. The molecule has 0 fully saturated rings. The second-order valence-corrected chi connectivity index (χ2v) is 19.2. The van der Waals surface area contributed by atoms with Gasteiger partial charge >= 0.3 is 0 Å². The van der Waals surface area contributed by atoms with Crippen LogP contribution in [0.1, 0.15) is 23.6 Å². The Labute approximate surface area is 401 Å². The Morgan fingerprint density at radius 3 is 1.63 bits per heavy atom. The smallest absolute Gasteiger partial charge is 0.0540 e. The quantitative estimate of drug-likeness (QED) is 0.147. The standard InChI is InChI=1S/C66H45NS/c1-66(49-21-6-3-7-22-49)59-29-11-8-23-54(59)55-42-37-48(43-60(55)66)44-33-38-50(39-34-44)67(51-40-35-46(36-41-51)53-27-16-32-63-65(53)58-25-10-13-31-62(58)68-63)61-30-12-9-24-56(61)57-28-15-20-47-19-14-26-52(64(47)57)45-17-4-2-5-18-45/h2-43H,1H3. The fourth-order valence-electron chi connectivity index (χ4n) is 11.1. The monoisotopic (exact) mass is 883 g/mol. The summed E-state index contributed by atoms with van der Waals surface area (Å²) in [5, 5.41) is 5.10. The summed E-state index contributed by atoms with van der Waals surface area (Å²) in [5.41, 5.74) is 19.3. The number of anilines is 3. The molecule has 1 aromatic heterocycles. The number of hydrogen-bond donors (Lipinski definition) is 0. The molecule has 1 nitrogen and oxygen atoms in total. The van der Waals surface area contributed by atoms with Gasteiger partial charge in [0.15, 0.2) is 0 Å². The molecule has 2 heteroatoms. The van der Waals surface area contributed by atoms with E-state index < -0.39 is 0 Å². The van der Waals surface area contributed by atoms with Gasteiger partial charge in [-0.3, -0.25) is 0 Å². The van der Waals surface area contributed by atoms with Crippen molar-refractivity contribution >= 4 is 59.3 Å². The first-order valence-electron chi connectivity index (χ1n) is 23.5. The van der Waals surface area contributed by atoms with Crippen LogP contribution in [0.15, 0.2) is 255 Å². The Morgan fingerprint density at radius 2 is 0.868 bits per heavy atom. The molecule has 0 saturated heterocycles. The Balaban J connectivity index is 0.960. The van der Waals surface area contributed by atoms with Gasteiger partial charge in [-0.15, -0.1) is 11.3 Å². The Bertz CT molecular complexity index is 3840. The lowest BCUT2D eigenvalue weighted by Crippen LogP contribution is -2.22. The van der Waals surface area contributed by atoms with Crippen molar-refractivity contribution in [2.24, 2.45) is 0 Å². The topological polar surface area (TPSA) is 3.24 Å². The fraction of sp³-hybridized carbons (Fsp3) is 0.0303. The Morgan fingerprint density at radius 1 is 0.338 bits per heavy atom. The largest absolute Gasteiger partial charge is 0.310 e. The molecule has 11 aromatic carbocycles. The highest BCUT2D eigenvalue weighted by molar-refractivity contribution is 7.25. The molecular formula is C66H45NS. The summed E-state index contributed by atoms with van der Waals surface area (Å²) in [5.74, 6) is 0. The number of thiophene rings is 1. The molecular weight excluding hydrogens is 839 g/mol. The van der Waals surface area contributed by atoms with Gasteiger partial charge in [0.1, 0.15) is 0 Å². The van der Waals surface area contributed by atoms with Crippen molar-refractivity contribution in [1.29, 1.82) is 0 Å². The molecule has 0 spiro atoms. The fourth-order valence-corrected chi connectivity index (χ4v) is 12.2. The zero-order valence-corrected chi connectivity index (χ0v) is 38.4. The van der Waals surface area contributed by atoms with E-state index in [-0.39, 0.29) is 5.41 Å². The van der Waals surface area contributed by atoms with Crippen LogP contribution in [0.3, 0.4) is 0 Å². The van der Waals surface area contributed by atoms with E-state index >= 15 is 0 Å². The molecule has 0 aliphatic heterocycles. The lowest BCUT2D eigenvalue weighted by Gasteiger charge is -2.29. The average Bonchev–Trinajstić information content (AvgIpc) is 3.92. The van der Waals surface area contributed by atoms with E-state index in [1.807, 2.05) is 11.3 Å². The van der Waals surface area contributed by atoms with Gasteiger partial charge in [-0.2, -0.15) is 0 Å². The van der Waals surface area contributed by atoms with Crippen molar-refractivity contribution in [3.05, 3.63) is 271 Å². The van der Waals surface area contributed by atoms with Gasteiger partial charge < -0.3 is 4.90 Å². The molecule has 1 aliphatic carbocycles. The third-order valence-corrected chi connectivity index (χ3v) is 15.5. The van der Waals surface area contributed by atoms with Crippen molar-refractivity contribution < 1.29 is 0 Å². The maximum absolute atomic E-state index is 2.44. The van der Waals surface area contributed by atoms with E-state index in [0.717, 1.165) is 17.1 Å². The van der Waals surface area contributed by atoms with Crippen molar-refractivity contribution in [1.82, 2.24) is 0 Å². The van der Waals surface area contributed by atoms with Crippen molar-refractivity contribution in [2.45, 2.75) is 12.3 Å². The molecule has 1 unspecified atom stereocenters. The summed E-state index contributed by atoms with van der Waals surface area (Å²) in [7, 11) is 0. The van der Waals surface area contributed by atoms with Crippen molar-refractivity contribution in [2.75, 3.05) is 4.90 Å². The molecule has 12 aromatic rings. The number of hydrogen-bond acceptors (Lipinski definition) is 2. The van der Waals surface area contributed by atoms with Crippen LogP contribution in [0.5, 0.6) is 0 Å². The second-order valence-electron chi connectivity index (χ2n) is 18.1.